The van der Waals surface area contributed by atoms with E-state index in [1.807, 2.05) is 0 Å². The molecule has 1 saturated heterocycles. The minimum Gasteiger partial charge on any atom is -0.487 e. The van der Waals surface area contributed by atoms with Crippen LogP contribution in [0, 0.1) is 12.8 Å². The van der Waals surface area contributed by atoms with Crippen molar-refractivity contribution in [3.05, 3.63) is 29.3 Å². The first-order valence-electron chi connectivity index (χ1n) is 8.33. The highest BCUT2D eigenvalue weighted by atomic mass is 16.5. The summed E-state index contributed by atoms with van der Waals surface area (Å²) >= 11 is 0. The number of hydrogen-bond acceptors (Lipinski definition) is 3. The van der Waals surface area contributed by atoms with Crippen LogP contribution in [0.4, 0.5) is 0 Å². The Kier molecular flexibility index (Phi) is 3.37. The molecule has 0 radical (unpaired) electrons. The molecule has 1 saturated carbocycles. The Morgan fingerprint density at radius 3 is 2.77 bits per heavy atom. The summed E-state index contributed by atoms with van der Waals surface area (Å²) in [7, 11) is 0. The predicted molar refractivity (Wildman–Crippen MR) is 82.8 cm³/mol. The third-order valence-electron chi connectivity index (χ3n) is 5.11. The van der Waals surface area contributed by atoms with Gasteiger partial charge in [-0.05, 0) is 25.8 Å². The Hall–Kier alpha value is -1.55. The van der Waals surface area contributed by atoms with Gasteiger partial charge in [-0.25, -0.2) is 0 Å². The molecule has 0 unspecified atom stereocenters. The van der Waals surface area contributed by atoms with E-state index in [-0.39, 0.29) is 23.5 Å². The minimum absolute atomic E-state index is 0.0647. The molecule has 22 heavy (non-hydrogen) atoms. The van der Waals surface area contributed by atoms with E-state index in [9.17, 15) is 4.79 Å². The number of fused-ring (bicyclic) bond motifs is 1. The van der Waals surface area contributed by atoms with E-state index in [2.05, 4.69) is 30.4 Å². The van der Waals surface area contributed by atoms with Gasteiger partial charge in [-0.1, -0.05) is 17.7 Å². The highest BCUT2D eigenvalue weighted by molar-refractivity contribution is 5.81. The average molecular weight is 301 g/mol. The van der Waals surface area contributed by atoms with Gasteiger partial charge < -0.3 is 14.8 Å². The molecule has 4 nitrogen and oxygen atoms in total. The Morgan fingerprint density at radius 2 is 2.05 bits per heavy atom. The van der Waals surface area contributed by atoms with Crippen molar-refractivity contribution in [2.24, 2.45) is 5.92 Å². The normalized spacial score (nSPS) is 26.1. The molecular weight excluding hydrogens is 278 g/mol. The number of carbonyl (C=O) groups excluding carboxylic acids is 1. The summed E-state index contributed by atoms with van der Waals surface area (Å²) in [5, 5.41) is 3.28. The van der Waals surface area contributed by atoms with E-state index in [1.54, 1.807) is 0 Å². The van der Waals surface area contributed by atoms with Crippen molar-refractivity contribution in [1.29, 1.82) is 0 Å². The Balaban J connectivity index is 1.64. The van der Waals surface area contributed by atoms with Crippen molar-refractivity contribution < 1.29 is 14.3 Å². The number of aryl methyl sites for hydroxylation is 1. The molecule has 2 aliphatic heterocycles. The van der Waals surface area contributed by atoms with Gasteiger partial charge in [-0.3, -0.25) is 4.79 Å². The van der Waals surface area contributed by atoms with Crippen molar-refractivity contribution >= 4 is 5.91 Å². The first-order valence-corrected chi connectivity index (χ1v) is 8.33. The van der Waals surface area contributed by atoms with Gasteiger partial charge in [0.15, 0.2) is 0 Å². The summed E-state index contributed by atoms with van der Waals surface area (Å²) in [6.45, 7) is 3.56. The van der Waals surface area contributed by atoms with Gasteiger partial charge in [-0.15, -0.1) is 0 Å². The van der Waals surface area contributed by atoms with Gasteiger partial charge in [0.2, 0.25) is 5.91 Å². The zero-order valence-electron chi connectivity index (χ0n) is 13.1. The van der Waals surface area contributed by atoms with Crippen LogP contribution in [0.2, 0.25) is 0 Å². The lowest BCUT2D eigenvalue weighted by atomic mass is 9.81. The quantitative estimate of drug-likeness (QED) is 0.913. The third kappa shape index (κ3) is 2.60. The van der Waals surface area contributed by atoms with Crippen LogP contribution < -0.4 is 10.1 Å². The van der Waals surface area contributed by atoms with Gasteiger partial charge in [0, 0.05) is 30.7 Å². The number of rotatable bonds is 2. The largest absolute Gasteiger partial charge is 0.487 e. The summed E-state index contributed by atoms with van der Waals surface area (Å²) in [4.78, 5) is 12.3. The van der Waals surface area contributed by atoms with Crippen molar-refractivity contribution in [2.75, 3.05) is 13.2 Å². The summed E-state index contributed by atoms with van der Waals surface area (Å²) in [5.41, 5.74) is 2.16. The van der Waals surface area contributed by atoms with Gasteiger partial charge in [-0.2, -0.15) is 0 Å². The second-order valence-electron chi connectivity index (χ2n) is 6.98. The van der Waals surface area contributed by atoms with Crippen molar-refractivity contribution in [1.82, 2.24) is 5.32 Å². The minimum atomic E-state index is -0.179. The second-order valence-corrected chi connectivity index (χ2v) is 6.98. The number of nitrogens with one attached hydrogen (secondary N) is 1. The number of benzene rings is 1. The molecule has 1 N–H and O–H groups in total. The summed E-state index contributed by atoms with van der Waals surface area (Å²) < 4.78 is 11.9. The van der Waals surface area contributed by atoms with Crippen LogP contribution in [0.25, 0.3) is 0 Å². The molecule has 1 aliphatic carbocycles. The molecule has 4 rings (SSSR count). The molecule has 118 valence electrons. The van der Waals surface area contributed by atoms with Crippen LogP contribution >= 0.6 is 0 Å². The SMILES string of the molecule is Cc1ccc2c(c1)[C@H](NC(=O)C1CC1)CC1(CCOCC1)O2. The monoisotopic (exact) mass is 301 g/mol. The van der Waals surface area contributed by atoms with Crippen LogP contribution in [-0.2, 0) is 9.53 Å². The van der Waals surface area contributed by atoms with E-state index >= 15 is 0 Å². The molecule has 1 amide bonds. The smallest absolute Gasteiger partial charge is 0.223 e. The maximum Gasteiger partial charge on any atom is 0.223 e. The van der Waals surface area contributed by atoms with Gasteiger partial charge in [0.05, 0.1) is 19.3 Å². The summed E-state index contributed by atoms with van der Waals surface area (Å²) in [5.74, 6) is 1.38. The fourth-order valence-corrected chi connectivity index (χ4v) is 3.60. The summed E-state index contributed by atoms with van der Waals surface area (Å²) in [6, 6.07) is 6.35. The van der Waals surface area contributed by atoms with Gasteiger partial charge >= 0.3 is 0 Å². The zero-order valence-corrected chi connectivity index (χ0v) is 13.1. The molecule has 1 atom stereocenters. The zero-order chi connectivity index (χ0) is 15.2. The lowest BCUT2D eigenvalue weighted by Gasteiger charge is -2.44. The number of amides is 1. The molecule has 1 aromatic carbocycles. The third-order valence-corrected chi connectivity index (χ3v) is 5.11. The predicted octanol–water partition coefficient (Wildman–Crippen LogP) is 2.89. The molecule has 2 fully saturated rings. The van der Waals surface area contributed by atoms with Crippen molar-refractivity contribution in [3.63, 3.8) is 0 Å². The lowest BCUT2D eigenvalue weighted by molar-refractivity contribution is -0.124. The molecule has 2 heterocycles. The van der Waals surface area contributed by atoms with Crippen LogP contribution in [-0.4, -0.2) is 24.7 Å². The van der Waals surface area contributed by atoms with E-state index < -0.39 is 0 Å². The van der Waals surface area contributed by atoms with E-state index in [0.717, 1.165) is 56.6 Å². The second kappa shape index (κ2) is 5.27. The van der Waals surface area contributed by atoms with Crippen LogP contribution in [0.3, 0.4) is 0 Å². The highest BCUT2D eigenvalue weighted by Gasteiger charge is 2.43. The standard InChI is InChI=1S/C18H23NO3/c1-12-2-5-16-14(10-12)15(19-17(20)13-3-4-13)11-18(22-16)6-8-21-9-7-18/h2,5,10,13,15H,3-4,6-9,11H2,1H3,(H,19,20)/t15-/m1/s1. The van der Waals surface area contributed by atoms with Crippen LogP contribution in [0.1, 0.15) is 49.3 Å². The first-order chi connectivity index (χ1) is 10.7. The average Bonchev–Trinajstić information content (AvgIpc) is 3.34. The van der Waals surface area contributed by atoms with Crippen molar-refractivity contribution in [2.45, 2.75) is 50.7 Å². The molecule has 0 aromatic heterocycles. The maximum atomic E-state index is 12.3. The van der Waals surface area contributed by atoms with E-state index in [0.29, 0.717) is 0 Å². The van der Waals surface area contributed by atoms with Crippen LogP contribution in [0.15, 0.2) is 18.2 Å². The Labute approximate surface area is 131 Å². The molecule has 1 spiro atoms. The van der Waals surface area contributed by atoms with Gasteiger partial charge in [0.25, 0.3) is 0 Å². The van der Waals surface area contributed by atoms with E-state index in [1.165, 1.54) is 5.56 Å². The topological polar surface area (TPSA) is 47.6 Å². The molecule has 3 aliphatic rings. The molecular formula is C18H23NO3. The van der Waals surface area contributed by atoms with Crippen molar-refractivity contribution in [3.8, 4) is 5.75 Å². The Bertz CT molecular complexity index is 588. The number of carbonyl (C=O) groups is 1. The molecule has 1 aromatic rings. The highest BCUT2D eigenvalue weighted by Crippen LogP contribution is 2.44. The number of ether oxygens (including phenoxy) is 2. The lowest BCUT2D eigenvalue weighted by Crippen LogP contribution is -2.48. The fourth-order valence-electron chi connectivity index (χ4n) is 3.60. The van der Waals surface area contributed by atoms with Gasteiger partial charge in [0.1, 0.15) is 11.4 Å². The maximum absolute atomic E-state index is 12.3. The molecule has 0 bridgehead atoms. The molecule has 4 heteroatoms. The Morgan fingerprint density at radius 1 is 1.27 bits per heavy atom. The number of hydrogen-bond donors (Lipinski definition) is 1. The van der Waals surface area contributed by atoms with Crippen LogP contribution in [0.5, 0.6) is 5.75 Å². The first kappa shape index (κ1) is 14.1. The fraction of sp³-hybridized carbons (Fsp3) is 0.611. The summed E-state index contributed by atoms with van der Waals surface area (Å²) in [6.07, 6.45) is 4.72. The van der Waals surface area contributed by atoms with E-state index in [4.69, 9.17) is 9.47 Å².